The van der Waals surface area contributed by atoms with Crippen molar-refractivity contribution < 1.29 is 0 Å². The van der Waals surface area contributed by atoms with Crippen molar-refractivity contribution in [1.82, 2.24) is 5.32 Å². The van der Waals surface area contributed by atoms with Crippen molar-refractivity contribution in [1.29, 1.82) is 0 Å². The summed E-state index contributed by atoms with van der Waals surface area (Å²) in [7, 11) is 0. The van der Waals surface area contributed by atoms with Gasteiger partial charge in [-0.3, -0.25) is 0 Å². The van der Waals surface area contributed by atoms with E-state index >= 15 is 0 Å². The Morgan fingerprint density at radius 2 is 2.05 bits per heavy atom. The second-order valence-corrected chi connectivity index (χ2v) is 6.96. The van der Waals surface area contributed by atoms with Crippen molar-refractivity contribution in [3.63, 3.8) is 0 Å². The van der Waals surface area contributed by atoms with Crippen LogP contribution in [0, 0.1) is 0 Å². The van der Waals surface area contributed by atoms with Crippen LogP contribution in [-0.2, 0) is 12.8 Å². The average Bonchev–Trinajstić information content (AvgIpc) is 2.97. The third-order valence-corrected chi connectivity index (χ3v) is 5.34. The molecule has 0 radical (unpaired) electrons. The summed E-state index contributed by atoms with van der Waals surface area (Å²) in [6.45, 7) is 3.12. The molecule has 2 rings (SSSR count). The second kappa shape index (κ2) is 8.79. The molecule has 0 spiro atoms. The Labute approximate surface area is 141 Å². The molecule has 1 nitrogen and oxygen atoms in total. The summed E-state index contributed by atoms with van der Waals surface area (Å²) in [6.07, 6.45) is 4.42. The largest absolute Gasteiger partial charge is 0.314 e. The van der Waals surface area contributed by atoms with Crippen LogP contribution in [0.4, 0.5) is 0 Å². The Kier molecular flexibility index (Phi) is 7.05. The molecule has 0 aliphatic rings. The van der Waals surface area contributed by atoms with E-state index in [1.807, 2.05) is 23.5 Å². The lowest BCUT2D eigenvalue weighted by Crippen LogP contribution is -2.31. The van der Waals surface area contributed by atoms with E-state index in [4.69, 9.17) is 23.2 Å². The van der Waals surface area contributed by atoms with Crippen molar-refractivity contribution in [2.45, 2.75) is 38.6 Å². The van der Waals surface area contributed by atoms with Gasteiger partial charge in [0.25, 0.3) is 0 Å². The summed E-state index contributed by atoms with van der Waals surface area (Å²) in [5.41, 5.74) is 1.13. The normalized spacial score (nSPS) is 12.5. The maximum absolute atomic E-state index is 6.29. The van der Waals surface area contributed by atoms with Crippen LogP contribution in [0.25, 0.3) is 0 Å². The van der Waals surface area contributed by atoms with Crippen LogP contribution in [-0.4, -0.2) is 12.6 Å². The quantitative estimate of drug-likeness (QED) is 0.658. The Morgan fingerprint density at radius 3 is 2.76 bits per heavy atom. The van der Waals surface area contributed by atoms with Crippen LogP contribution in [0.3, 0.4) is 0 Å². The summed E-state index contributed by atoms with van der Waals surface area (Å²) < 4.78 is 0. The van der Waals surface area contributed by atoms with Crippen LogP contribution in [0.1, 0.15) is 30.2 Å². The highest BCUT2D eigenvalue weighted by molar-refractivity contribution is 7.09. The number of likely N-dealkylation sites (N-methyl/N-ethyl adjacent to an activating group) is 1. The molecule has 0 amide bonds. The molecule has 1 heterocycles. The maximum Gasteiger partial charge on any atom is 0.0624 e. The highest BCUT2D eigenvalue weighted by Gasteiger charge is 2.12. The monoisotopic (exact) mass is 341 g/mol. The average molecular weight is 342 g/mol. The highest BCUT2D eigenvalue weighted by Crippen LogP contribution is 2.27. The summed E-state index contributed by atoms with van der Waals surface area (Å²) >= 11 is 14.2. The predicted octanol–water partition coefficient (Wildman–Crippen LogP) is 5.60. The van der Waals surface area contributed by atoms with Gasteiger partial charge in [0, 0.05) is 10.9 Å². The van der Waals surface area contributed by atoms with E-state index < -0.39 is 0 Å². The number of nitrogens with one attached hydrogen (secondary N) is 1. The van der Waals surface area contributed by atoms with Crippen LogP contribution in [0.5, 0.6) is 0 Å². The van der Waals surface area contributed by atoms with Gasteiger partial charge in [0.2, 0.25) is 0 Å². The summed E-state index contributed by atoms with van der Waals surface area (Å²) in [5.74, 6) is 0. The van der Waals surface area contributed by atoms with E-state index in [1.54, 1.807) is 0 Å². The first-order chi connectivity index (χ1) is 10.2. The standard InChI is InChI=1S/C17H21Cl2NS/c1-2-20-14(7-4-8-15-9-5-11-21-15)12-13-6-3-10-16(18)17(13)19/h3,5-6,9-11,14,20H,2,4,7-8,12H2,1H3. The zero-order valence-corrected chi connectivity index (χ0v) is 14.6. The third kappa shape index (κ3) is 5.30. The maximum atomic E-state index is 6.29. The molecule has 0 bridgehead atoms. The fourth-order valence-electron chi connectivity index (χ4n) is 2.51. The van der Waals surface area contributed by atoms with Crippen molar-refractivity contribution in [3.8, 4) is 0 Å². The number of halogens is 2. The molecule has 0 saturated carbocycles. The molecule has 0 fully saturated rings. The van der Waals surface area contributed by atoms with Gasteiger partial charge < -0.3 is 5.32 Å². The first-order valence-corrected chi connectivity index (χ1v) is 9.03. The molecule has 1 aromatic heterocycles. The van der Waals surface area contributed by atoms with Gasteiger partial charge in [0.1, 0.15) is 0 Å². The van der Waals surface area contributed by atoms with Crippen LogP contribution >= 0.6 is 34.5 Å². The molecule has 0 aliphatic carbocycles. The van der Waals surface area contributed by atoms with E-state index in [1.165, 1.54) is 11.3 Å². The minimum absolute atomic E-state index is 0.450. The van der Waals surface area contributed by atoms with Gasteiger partial charge in [-0.15, -0.1) is 11.3 Å². The lowest BCUT2D eigenvalue weighted by molar-refractivity contribution is 0.477. The number of aryl methyl sites for hydroxylation is 1. The molecule has 21 heavy (non-hydrogen) atoms. The number of hydrogen-bond acceptors (Lipinski definition) is 2. The fourth-order valence-corrected chi connectivity index (χ4v) is 3.66. The Hall–Kier alpha value is -0.540. The van der Waals surface area contributed by atoms with Crippen molar-refractivity contribution in [3.05, 3.63) is 56.2 Å². The molecule has 1 aromatic carbocycles. The minimum Gasteiger partial charge on any atom is -0.314 e. The van der Waals surface area contributed by atoms with Gasteiger partial charge in [-0.2, -0.15) is 0 Å². The van der Waals surface area contributed by atoms with Gasteiger partial charge in [0.15, 0.2) is 0 Å². The van der Waals surface area contributed by atoms with Gasteiger partial charge in [-0.1, -0.05) is 48.3 Å². The highest BCUT2D eigenvalue weighted by atomic mass is 35.5. The topological polar surface area (TPSA) is 12.0 Å². The third-order valence-electron chi connectivity index (χ3n) is 3.55. The molecule has 1 atom stereocenters. The molecule has 2 aromatic rings. The summed E-state index contributed by atoms with van der Waals surface area (Å²) in [6, 6.07) is 10.7. The van der Waals surface area contributed by atoms with Crippen LogP contribution < -0.4 is 5.32 Å². The zero-order chi connectivity index (χ0) is 15.1. The lowest BCUT2D eigenvalue weighted by atomic mass is 10.0. The SMILES string of the molecule is CCNC(CCCc1cccs1)Cc1cccc(Cl)c1Cl. The Balaban J connectivity index is 1.90. The van der Waals surface area contributed by atoms with Crippen LogP contribution in [0.15, 0.2) is 35.7 Å². The fraction of sp³-hybridized carbons (Fsp3) is 0.412. The van der Waals surface area contributed by atoms with Crippen molar-refractivity contribution >= 4 is 34.5 Å². The molecular formula is C17H21Cl2NS. The van der Waals surface area contributed by atoms with Gasteiger partial charge in [-0.25, -0.2) is 0 Å². The predicted molar refractivity (Wildman–Crippen MR) is 94.9 cm³/mol. The number of hydrogen-bond donors (Lipinski definition) is 1. The van der Waals surface area contributed by atoms with Gasteiger partial charge >= 0.3 is 0 Å². The summed E-state index contributed by atoms with van der Waals surface area (Å²) in [5, 5.41) is 7.04. The van der Waals surface area contributed by atoms with E-state index in [2.05, 4.69) is 35.8 Å². The molecule has 0 saturated heterocycles. The molecule has 114 valence electrons. The zero-order valence-electron chi connectivity index (χ0n) is 12.2. The molecule has 1 unspecified atom stereocenters. The lowest BCUT2D eigenvalue weighted by Gasteiger charge is -2.19. The molecular weight excluding hydrogens is 321 g/mol. The van der Waals surface area contributed by atoms with Gasteiger partial charge in [0.05, 0.1) is 10.0 Å². The first kappa shape index (κ1) is 16.8. The van der Waals surface area contributed by atoms with Crippen molar-refractivity contribution in [2.75, 3.05) is 6.54 Å². The minimum atomic E-state index is 0.450. The first-order valence-electron chi connectivity index (χ1n) is 7.39. The van der Waals surface area contributed by atoms with E-state index in [0.717, 1.165) is 31.4 Å². The van der Waals surface area contributed by atoms with Gasteiger partial charge in [-0.05, 0) is 55.3 Å². The van der Waals surface area contributed by atoms with E-state index in [-0.39, 0.29) is 0 Å². The summed E-state index contributed by atoms with van der Waals surface area (Å²) in [4.78, 5) is 1.46. The Morgan fingerprint density at radius 1 is 1.19 bits per heavy atom. The van der Waals surface area contributed by atoms with E-state index in [9.17, 15) is 0 Å². The smallest absolute Gasteiger partial charge is 0.0624 e. The molecule has 4 heteroatoms. The second-order valence-electron chi connectivity index (χ2n) is 5.14. The molecule has 0 aliphatic heterocycles. The van der Waals surface area contributed by atoms with Crippen molar-refractivity contribution in [2.24, 2.45) is 0 Å². The van der Waals surface area contributed by atoms with E-state index in [0.29, 0.717) is 16.1 Å². The molecule has 1 N–H and O–H groups in total. The Bertz CT molecular complexity index is 540. The number of thiophene rings is 1. The van der Waals surface area contributed by atoms with Crippen LogP contribution in [0.2, 0.25) is 10.0 Å². The number of rotatable bonds is 8. The number of benzene rings is 1.